The molecule has 3 atom stereocenters. The fourth-order valence-electron chi connectivity index (χ4n) is 4.53. The largest absolute Gasteiger partial charge is 0.478 e. The summed E-state index contributed by atoms with van der Waals surface area (Å²) >= 11 is 6.27. The number of aromatic carboxylic acids is 1. The molecule has 0 aromatic heterocycles. The molecule has 130 valence electrons. The summed E-state index contributed by atoms with van der Waals surface area (Å²) in [5, 5.41) is 13.6. The summed E-state index contributed by atoms with van der Waals surface area (Å²) < 4.78 is 0. The summed E-state index contributed by atoms with van der Waals surface area (Å²) in [5.41, 5.74) is 4.02. The van der Waals surface area contributed by atoms with Gasteiger partial charge in [0, 0.05) is 10.7 Å². The maximum atomic E-state index is 11.1. The first-order valence-corrected chi connectivity index (χ1v) is 9.40. The van der Waals surface area contributed by atoms with E-state index in [2.05, 4.69) is 17.4 Å². The fourth-order valence-corrected chi connectivity index (χ4v) is 4.71. The lowest BCUT2D eigenvalue weighted by Crippen LogP contribution is -2.31. The van der Waals surface area contributed by atoms with Gasteiger partial charge in [-0.05, 0) is 66.1 Å². The van der Waals surface area contributed by atoms with Gasteiger partial charge in [0.05, 0.1) is 11.6 Å². The maximum absolute atomic E-state index is 11.1. The molecular weight excluding hydrogens is 334 g/mol. The Bertz CT molecular complexity index is 787. The van der Waals surface area contributed by atoms with Gasteiger partial charge < -0.3 is 10.4 Å². The molecule has 0 unspecified atom stereocenters. The highest BCUT2D eigenvalue weighted by molar-refractivity contribution is 6.30. The average Bonchev–Trinajstić information content (AvgIpc) is 2.87. The SMILES string of the molecule is O=C(O)c1ccc([C@H]2Nc3ccc(Cl)cc3[C@@H]3CCCCC[C@H]23)cc1. The summed E-state index contributed by atoms with van der Waals surface area (Å²) in [6.07, 6.45) is 6.19. The van der Waals surface area contributed by atoms with E-state index in [9.17, 15) is 4.79 Å². The van der Waals surface area contributed by atoms with Crippen LogP contribution in [-0.4, -0.2) is 11.1 Å². The van der Waals surface area contributed by atoms with Crippen molar-refractivity contribution in [3.8, 4) is 0 Å². The summed E-state index contributed by atoms with van der Waals surface area (Å²) in [6.45, 7) is 0. The number of hydrogen-bond donors (Lipinski definition) is 2. The van der Waals surface area contributed by atoms with E-state index in [0.717, 1.165) is 5.02 Å². The van der Waals surface area contributed by atoms with E-state index in [-0.39, 0.29) is 6.04 Å². The van der Waals surface area contributed by atoms with Crippen molar-refractivity contribution in [3.63, 3.8) is 0 Å². The minimum Gasteiger partial charge on any atom is -0.478 e. The number of fused-ring (bicyclic) bond motifs is 3. The first kappa shape index (κ1) is 16.5. The van der Waals surface area contributed by atoms with Crippen LogP contribution in [-0.2, 0) is 0 Å². The summed E-state index contributed by atoms with van der Waals surface area (Å²) in [6, 6.07) is 13.7. The molecule has 3 nitrogen and oxygen atoms in total. The van der Waals surface area contributed by atoms with E-state index in [1.165, 1.54) is 48.9 Å². The predicted molar refractivity (Wildman–Crippen MR) is 101 cm³/mol. The molecule has 0 amide bonds. The number of anilines is 1. The Hall–Kier alpha value is -2.00. The Kier molecular flexibility index (Phi) is 4.43. The van der Waals surface area contributed by atoms with Gasteiger partial charge in [0.2, 0.25) is 0 Å². The highest BCUT2D eigenvalue weighted by atomic mass is 35.5. The number of hydrogen-bond acceptors (Lipinski definition) is 2. The molecule has 0 bridgehead atoms. The van der Waals surface area contributed by atoms with Gasteiger partial charge in [0.15, 0.2) is 0 Å². The smallest absolute Gasteiger partial charge is 0.335 e. The fraction of sp³-hybridized carbons (Fsp3) is 0.381. The third-order valence-corrected chi connectivity index (χ3v) is 5.97. The standard InChI is InChI=1S/C21H22ClNO2/c22-15-10-11-19-18(12-15)16-4-2-1-3-5-17(16)20(23-19)13-6-8-14(9-7-13)21(24)25/h6-12,16-17,20,23H,1-5H2,(H,24,25)/t16-,17+,20-/m1/s1. The number of carboxylic acids is 1. The third-order valence-electron chi connectivity index (χ3n) is 5.74. The van der Waals surface area contributed by atoms with Crippen LogP contribution in [0.15, 0.2) is 42.5 Å². The third kappa shape index (κ3) is 3.13. The second-order valence-corrected chi connectivity index (χ2v) is 7.63. The lowest BCUT2D eigenvalue weighted by molar-refractivity contribution is 0.0697. The minimum atomic E-state index is -0.879. The molecule has 0 saturated heterocycles. The molecule has 2 aromatic rings. The van der Waals surface area contributed by atoms with Crippen molar-refractivity contribution in [2.24, 2.45) is 5.92 Å². The van der Waals surface area contributed by atoms with Crippen LogP contribution in [0.3, 0.4) is 0 Å². The van der Waals surface area contributed by atoms with Gasteiger partial charge in [-0.1, -0.05) is 43.0 Å². The quantitative estimate of drug-likeness (QED) is 0.708. The normalized spacial score (nSPS) is 25.2. The van der Waals surface area contributed by atoms with Gasteiger partial charge >= 0.3 is 5.97 Å². The highest BCUT2D eigenvalue weighted by Crippen LogP contribution is 2.50. The zero-order chi connectivity index (χ0) is 17.4. The number of rotatable bonds is 2. The molecule has 0 radical (unpaired) electrons. The molecule has 1 saturated carbocycles. The predicted octanol–water partition coefficient (Wildman–Crippen LogP) is 5.87. The topological polar surface area (TPSA) is 49.3 Å². The Morgan fingerprint density at radius 2 is 1.80 bits per heavy atom. The van der Waals surface area contributed by atoms with Crippen LogP contribution >= 0.6 is 11.6 Å². The Balaban J connectivity index is 1.74. The maximum Gasteiger partial charge on any atom is 0.335 e. The Morgan fingerprint density at radius 3 is 2.56 bits per heavy atom. The van der Waals surface area contributed by atoms with Crippen LogP contribution in [0.1, 0.15) is 65.5 Å². The van der Waals surface area contributed by atoms with Crippen LogP contribution in [0.2, 0.25) is 5.02 Å². The summed E-state index contributed by atoms with van der Waals surface area (Å²) in [4.78, 5) is 11.1. The van der Waals surface area contributed by atoms with E-state index < -0.39 is 5.97 Å². The molecule has 1 aliphatic carbocycles. The van der Waals surface area contributed by atoms with E-state index in [0.29, 0.717) is 17.4 Å². The average molecular weight is 356 g/mol. The molecule has 4 rings (SSSR count). The van der Waals surface area contributed by atoms with Crippen LogP contribution in [0.25, 0.3) is 0 Å². The van der Waals surface area contributed by atoms with Crippen LogP contribution in [0.5, 0.6) is 0 Å². The van der Waals surface area contributed by atoms with Crippen LogP contribution in [0.4, 0.5) is 5.69 Å². The van der Waals surface area contributed by atoms with Crippen molar-refractivity contribution in [2.45, 2.75) is 44.1 Å². The molecule has 1 fully saturated rings. The number of halogens is 1. The van der Waals surface area contributed by atoms with Gasteiger partial charge in [0.25, 0.3) is 0 Å². The van der Waals surface area contributed by atoms with E-state index >= 15 is 0 Å². The summed E-state index contributed by atoms with van der Waals surface area (Å²) in [5.74, 6) is 0.154. The lowest BCUT2D eigenvalue weighted by Gasteiger charge is -2.40. The molecule has 2 aliphatic rings. The van der Waals surface area contributed by atoms with E-state index in [1.54, 1.807) is 12.1 Å². The molecule has 0 spiro atoms. The van der Waals surface area contributed by atoms with Crippen LogP contribution < -0.4 is 5.32 Å². The van der Waals surface area contributed by atoms with Crippen molar-refractivity contribution in [2.75, 3.05) is 5.32 Å². The van der Waals surface area contributed by atoms with Crippen molar-refractivity contribution in [1.82, 2.24) is 0 Å². The molecule has 2 aromatic carbocycles. The molecular formula is C21H22ClNO2. The highest BCUT2D eigenvalue weighted by Gasteiger charge is 2.37. The summed E-state index contributed by atoms with van der Waals surface area (Å²) in [7, 11) is 0. The van der Waals surface area contributed by atoms with Crippen molar-refractivity contribution in [3.05, 3.63) is 64.2 Å². The van der Waals surface area contributed by atoms with Gasteiger partial charge in [-0.15, -0.1) is 0 Å². The molecule has 4 heteroatoms. The Morgan fingerprint density at radius 1 is 1.04 bits per heavy atom. The number of carbonyl (C=O) groups is 1. The molecule has 25 heavy (non-hydrogen) atoms. The monoisotopic (exact) mass is 355 g/mol. The minimum absolute atomic E-state index is 0.222. The van der Waals surface area contributed by atoms with Gasteiger partial charge in [0.1, 0.15) is 0 Å². The zero-order valence-electron chi connectivity index (χ0n) is 14.0. The van der Waals surface area contributed by atoms with Gasteiger partial charge in [-0.25, -0.2) is 4.79 Å². The molecule has 2 N–H and O–H groups in total. The first-order chi connectivity index (χ1) is 12.1. The second kappa shape index (κ2) is 6.72. The van der Waals surface area contributed by atoms with Crippen LogP contribution in [0, 0.1) is 5.92 Å². The Labute approximate surface area is 153 Å². The lowest BCUT2D eigenvalue weighted by atomic mass is 9.73. The van der Waals surface area contributed by atoms with Gasteiger partial charge in [-0.2, -0.15) is 0 Å². The number of nitrogens with one attached hydrogen (secondary N) is 1. The molecule has 1 aliphatic heterocycles. The van der Waals surface area contributed by atoms with E-state index in [4.69, 9.17) is 16.7 Å². The van der Waals surface area contributed by atoms with Crippen molar-refractivity contribution >= 4 is 23.3 Å². The first-order valence-electron chi connectivity index (χ1n) is 9.03. The number of benzene rings is 2. The second-order valence-electron chi connectivity index (χ2n) is 7.19. The molecule has 1 heterocycles. The van der Waals surface area contributed by atoms with Crippen molar-refractivity contribution in [1.29, 1.82) is 0 Å². The zero-order valence-corrected chi connectivity index (χ0v) is 14.8. The van der Waals surface area contributed by atoms with Crippen molar-refractivity contribution < 1.29 is 9.90 Å². The number of carboxylic acid groups (broad SMARTS) is 1. The van der Waals surface area contributed by atoms with Gasteiger partial charge in [-0.3, -0.25) is 0 Å². The van der Waals surface area contributed by atoms with E-state index in [1.807, 2.05) is 18.2 Å².